The minimum Gasteiger partial charge on any atom is -0.332 e. The predicted molar refractivity (Wildman–Crippen MR) is 130 cm³/mol. The highest BCUT2D eigenvalue weighted by atomic mass is 32.2. The molecule has 0 spiro atoms. The number of carbonyl (C=O) groups is 1. The number of hydrogen-bond donors (Lipinski definition) is 0. The van der Waals surface area contributed by atoms with E-state index in [1.807, 2.05) is 6.07 Å². The first-order valence-electron chi connectivity index (χ1n) is 12.3. The van der Waals surface area contributed by atoms with Gasteiger partial charge in [-0.3, -0.25) is 4.79 Å². The maximum absolute atomic E-state index is 13.6. The second kappa shape index (κ2) is 8.98. The van der Waals surface area contributed by atoms with Gasteiger partial charge in [0.2, 0.25) is 5.91 Å². The molecule has 170 valence electrons. The lowest BCUT2D eigenvalue weighted by atomic mass is 9.86. The van der Waals surface area contributed by atoms with Crippen LogP contribution in [0.15, 0.2) is 59.8 Å². The molecule has 0 bridgehead atoms. The number of thioether (sulfide) groups is 1. The van der Waals surface area contributed by atoms with E-state index in [9.17, 15) is 4.79 Å². The molecule has 1 amide bonds. The third kappa shape index (κ3) is 4.45. The van der Waals surface area contributed by atoms with Crippen molar-refractivity contribution in [2.75, 3.05) is 5.75 Å². The van der Waals surface area contributed by atoms with E-state index >= 15 is 0 Å². The van der Waals surface area contributed by atoms with Gasteiger partial charge >= 0.3 is 0 Å². The van der Waals surface area contributed by atoms with Crippen LogP contribution in [0, 0.1) is 0 Å². The molecule has 1 atom stereocenters. The highest BCUT2D eigenvalue weighted by Crippen LogP contribution is 2.42. The molecule has 6 heteroatoms. The van der Waals surface area contributed by atoms with Crippen molar-refractivity contribution in [3.63, 3.8) is 0 Å². The van der Waals surface area contributed by atoms with Crippen LogP contribution < -0.4 is 0 Å². The van der Waals surface area contributed by atoms with E-state index < -0.39 is 0 Å². The Kier molecular flexibility index (Phi) is 5.70. The molecular formula is C27H30N4OS. The zero-order valence-corrected chi connectivity index (χ0v) is 19.7. The molecule has 1 aromatic heterocycles. The first kappa shape index (κ1) is 21.0. The van der Waals surface area contributed by atoms with E-state index in [0.717, 1.165) is 49.6 Å². The van der Waals surface area contributed by atoms with Crippen molar-refractivity contribution in [2.45, 2.75) is 74.6 Å². The fourth-order valence-electron chi connectivity index (χ4n) is 5.17. The minimum atomic E-state index is 0.222. The monoisotopic (exact) mass is 458 g/mol. The van der Waals surface area contributed by atoms with E-state index in [4.69, 9.17) is 0 Å². The fraction of sp³-hybridized carbons (Fsp3) is 0.444. The molecule has 33 heavy (non-hydrogen) atoms. The standard InChI is InChI=1S/C27H30N4OS/c32-25(31(22-15-16-22)24-12-6-10-20-9-4-5-11-23(20)24)18-33-27-29-28-26(21-13-14-21)30(27)17-19-7-2-1-3-8-19/h1-5,7-9,11,21-22,24H,6,10,12-18H2. The van der Waals surface area contributed by atoms with E-state index in [-0.39, 0.29) is 11.9 Å². The Morgan fingerprint density at radius 2 is 1.76 bits per heavy atom. The molecule has 0 N–H and O–H groups in total. The largest absolute Gasteiger partial charge is 0.332 e. The SMILES string of the molecule is O=C(CSc1nnc(C2CC2)n1Cc1ccccc1)N(C1CC1)C1CCCc2ccccc21. The molecule has 0 saturated heterocycles. The topological polar surface area (TPSA) is 51.0 Å². The summed E-state index contributed by atoms with van der Waals surface area (Å²) in [6.45, 7) is 0.762. The van der Waals surface area contributed by atoms with Crippen molar-refractivity contribution in [1.29, 1.82) is 0 Å². The second-order valence-corrected chi connectivity index (χ2v) is 10.6. The van der Waals surface area contributed by atoms with Crippen LogP contribution in [0.1, 0.15) is 73.0 Å². The van der Waals surface area contributed by atoms with Crippen molar-refractivity contribution >= 4 is 17.7 Å². The normalized spacial score (nSPS) is 19.8. The average molecular weight is 459 g/mol. The summed E-state index contributed by atoms with van der Waals surface area (Å²) in [6.07, 6.45) is 7.98. The lowest BCUT2D eigenvalue weighted by molar-refractivity contribution is -0.131. The quantitative estimate of drug-likeness (QED) is 0.426. The molecule has 2 fully saturated rings. The van der Waals surface area contributed by atoms with Crippen molar-refractivity contribution in [2.24, 2.45) is 0 Å². The Hall–Kier alpha value is -2.60. The lowest BCUT2D eigenvalue weighted by Gasteiger charge is -2.36. The number of aryl methyl sites for hydroxylation is 1. The fourth-order valence-corrected chi connectivity index (χ4v) is 5.98. The molecule has 3 aliphatic carbocycles. The summed E-state index contributed by atoms with van der Waals surface area (Å²) in [4.78, 5) is 15.8. The van der Waals surface area contributed by atoms with Crippen LogP contribution in [0.2, 0.25) is 0 Å². The summed E-state index contributed by atoms with van der Waals surface area (Å²) < 4.78 is 2.24. The van der Waals surface area contributed by atoms with Crippen LogP contribution in [0.4, 0.5) is 0 Å². The van der Waals surface area contributed by atoms with Crippen molar-refractivity contribution in [3.05, 3.63) is 77.1 Å². The molecule has 1 unspecified atom stereocenters. The van der Waals surface area contributed by atoms with Gasteiger partial charge < -0.3 is 9.47 Å². The zero-order chi connectivity index (χ0) is 22.2. The Labute approximate surface area is 199 Å². The number of rotatable bonds is 8. The molecule has 0 aliphatic heterocycles. The molecule has 1 heterocycles. The maximum atomic E-state index is 13.6. The van der Waals surface area contributed by atoms with Gasteiger partial charge in [-0.25, -0.2) is 0 Å². The number of amides is 1. The van der Waals surface area contributed by atoms with Crippen molar-refractivity contribution in [1.82, 2.24) is 19.7 Å². The van der Waals surface area contributed by atoms with Gasteiger partial charge in [-0.05, 0) is 61.6 Å². The number of benzene rings is 2. The Morgan fingerprint density at radius 3 is 2.55 bits per heavy atom. The number of aromatic nitrogens is 3. The summed E-state index contributed by atoms with van der Waals surface area (Å²) in [5.74, 6) is 2.26. The number of fused-ring (bicyclic) bond motifs is 1. The Bertz CT molecular complexity index is 1140. The highest BCUT2D eigenvalue weighted by molar-refractivity contribution is 7.99. The van der Waals surface area contributed by atoms with Crippen LogP contribution in [-0.4, -0.2) is 37.4 Å². The summed E-state index contributed by atoms with van der Waals surface area (Å²) in [5.41, 5.74) is 4.01. The van der Waals surface area contributed by atoms with Gasteiger partial charge in [-0.1, -0.05) is 66.4 Å². The van der Waals surface area contributed by atoms with Gasteiger partial charge in [0.15, 0.2) is 5.16 Å². The van der Waals surface area contributed by atoms with Gasteiger partial charge in [-0.15, -0.1) is 10.2 Å². The summed E-state index contributed by atoms with van der Waals surface area (Å²) >= 11 is 1.56. The molecule has 3 aromatic rings. The predicted octanol–water partition coefficient (Wildman–Crippen LogP) is 5.36. The summed E-state index contributed by atoms with van der Waals surface area (Å²) in [7, 11) is 0. The van der Waals surface area contributed by atoms with E-state index in [1.165, 1.54) is 29.5 Å². The molecule has 6 rings (SSSR count). The number of hydrogen-bond acceptors (Lipinski definition) is 4. The van der Waals surface area contributed by atoms with Gasteiger partial charge in [0.1, 0.15) is 5.82 Å². The Balaban J connectivity index is 1.21. The van der Waals surface area contributed by atoms with E-state index in [1.54, 1.807) is 11.8 Å². The van der Waals surface area contributed by atoms with Crippen molar-refractivity contribution < 1.29 is 4.79 Å². The van der Waals surface area contributed by atoms with Gasteiger partial charge in [0.25, 0.3) is 0 Å². The third-order valence-electron chi connectivity index (χ3n) is 7.10. The van der Waals surface area contributed by atoms with Crippen LogP contribution in [0.25, 0.3) is 0 Å². The first-order chi connectivity index (χ1) is 16.3. The maximum Gasteiger partial charge on any atom is 0.233 e. The second-order valence-electron chi connectivity index (χ2n) is 9.61. The van der Waals surface area contributed by atoms with Crippen LogP contribution >= 0.6 is 11.8 Å². The number of nitrogens with zero attached hydrogens (tertiary/aromatic N) is 4. The Morgan fingerprint density at radius 1 is 0.970 bits per heavy atom. The lowest BCUT2D eigenvalue weighted by Crippen LogP contribution is -2.39. The summed E-state index contributed by atoms with van der Waals surface area (Å²) in [6, 6.07) is 19.8. The van der Waals surface area contributed by atoms with Crippen LogP contribution in [0.5, 0.6) is 0 Å². The average Bonchev–Trinajstić information content (AvgIpc) is 3.79. The van der Waals surface area contributed by atoms with Crippen LogP contribution in [0.3, 0.4) is 0 Å². The smallest absolute Gasteiger partial charge is 0.233 e. The van der Waals surface area contributed by atoms with E-state index in [0.29, 0.717) is 17.7 Å². The van der Waals surface area contributed by atoms with Crippen molar-refractivity contribution in [3.8, 4) is 0 Å². The highest BCUT2D eigenvalue weighted by Gasteiger charge is 2.39. The zero-order valence-electron chi connectivity index (χ0n) is 18.9. The van der Waals surface area contributed by atoms with Gasteiger partial charge in [0.05, 0.1) is 18.3 Å². The van der Waals surface area contributed by atoms with E-state index in [2.05, 4.69) is 68.2 Å². The number of carbonyl (C=O) groups excluding carboxylic acids is 1. The van der Waals surface area contributed by atoms with Gasteiger partial charge in [-0.2, -0.15) is 0 Å². The molecule has 2 aromatic carbocycles. The molecule has 5 nitrogen and oxygen atoms in total. The third-order valence-corrected chi connectivity index (χ3v) is 8.05. The molecule has 3 aliphatic rings. The molecular weight excluding hydrogens is 428 g/mol. The molecule has 2 saturated carbocycles. The molecule has 0 radical (unpaired) electrons. The van der Waals surface area contributed by atoms with Crippen LogP contribution in [-0.2, 0) is 17.8 Å². The first-order valence-corrected chi connectivity index (χ1v) is 13.3. The van der Waals surface area contributed by atoms with Gasteiger partial charge in [0, 0.05) is 12.0 Å². The minimum absolute atomic E-state index is 0.222. The summed E-state index contributed by atoms with van der Waals surface area (Å²) in [5, 5.41) is 9.92.